The van der Waals surface area contributed by atoms with Gasteiger partial charge >= 0.3 is 5.76 Å². The Balaban J connectivity index is 1.98. The number of rotatable bonds is 2. The Labute approximate surface area is 99.5 Å². The molecule has 3 aromatic rings. The van der Waals surface area contributed by atoms with Crippen LogP contribution in [0.15, 0.2) is 39.8 Å². The Kier molecular flexibility index (Phi) is 2.30. The third-order valence-corrected chi connectivity index (χ3v) is 2.40. The van der Waals surface area contributed by atoms with Gasteiger partial charge < -0.3 is 4.98 Å². The van der Waals surface area contributed by atoms with Crippen molar-refractivity contribution >= 4 is 0 Å². The third kappa shape index (κ3) is 1.81. The second kappa shape index (κ2) is 3.95. The van der Waals surface area contributed by atoms with Crippen LogP contribution in [0.2, 0.25) is 0 Å². The van der Waals surface area contributed by atoms with Gasteiger partial charge in [-0.2, -0.15) is 0 Å². The largest absolute Gasteiger partial charge is 0.439 e. The van der Waals surface area contributed by atoms with Crippen molar-refractivity contribution in [2.75, 3.05) is 0 Å². The molecule has 0 fully saturated rings. The SMILES string of the molecule is O=c1[nH]c(-c2ncc(-c3ccc(F)cc3)[nH]2)no1. The van der Waals surface area contributed by atoms with Crippen LogP contribution in [-0.2, 0) is 0 Å². The lowest BCUT2D eigenvalue weighted by molar-refractivity contribution is 0.387. The number of benzene rings is 1. The molecule has 0 radical (unpaired) electrons. The minimum atomic E-state index is -0.648. The first-order valence-electron chi connectivity index (χ1n) is 5.10. The van der Waals surface area contributed by atoms with E-state index in [4.69, 9.17) is 0 Å². The van der Waals surface area contributed by atoms with Gasteiger partial charge in [-0.25, -0.2) is 14.2 Å². The quantitative estimate of drug-likeness (QED) is 0.718. The first-order valence-corrected chi connectivity index (χ1v) is 5.10. The number of hydrogen-bond donors (Lipinski definition) is 2. The highest BCUT2D eigenvalue weighted by molar-refractivity contribution is 5.61. The van der Waals surface area contributed by atoms with E-state index >= 15 is 0 Å². The maximum Gasteiger partial charge on any atom is 0.439 e. The minimum absolute atomic E-state index is 0.216. The normalized spacial score (nSPS) is 10.7. The van der Waals surface area contributed by atoms with Gasteiger partial charge in [0.15, 0.2) is 5.82 Å². The molecule has 0 aliphatic rings. The van der Waals surface area contributed by atoms with Gasteiger partial charge in [0.1, 0.15) is 5.82 Å². The molecular weight excluding hydrogens is 239 g/mol. The highest BCUT2D eigenvalue weighted by atomic mass is 19.1. The number of aromatic nitrogens is 4. The molecular formula is C11H7FN4O2. The van der Waals surface area contributed by atoms with Crippen LogP contribution in [0.4, 0.5) is 4.39 Å². The van der Waals surface area contributed by atoms with E-state index in [0.717, 1.165) is 5.56 Å². The molecule has 3 rings (SSSR count). The fourth-order valence-corrected chi connectivity index (χ4v) is 1.55. The van der Waals surface area contributed by atoms with Gasteiger partial charge in [-0.05, 0) is 29.8 Å². The van der Waals surface area contributed by atoms with Crippen molar-refractivity contribution in [3.05, 3.63) is 46.8 Å². The highest BCUT2D eigenvalue weighted by Crippen LogP contribution is 2.19. The average Bonchev–Trinajstić information content (AvgIpc) is 2.98. The molecule has 0 amide bonds. The van der Waals surface area contributed by atoms with Gasteiger partial charge in [0.25, 0.3) is 0 Å². The number of halogens is 1. The van der Waals surface area contributed by atoms with E-state index in [9.17, 15) is 9.18 Å². The maximum absolute atomic E-state index is 12.8. The Morgan fingerprint density at radius 2 is 1.89 bits per heavy atom. The van der Waals surface area contributed by atoms with Crippen LogP contribution in [0.1, 0.15) is 0 Å². The molecule has 0 saturated heterocycles. The van der Waals surface area contributed by atoms with E-state index in [-0.39, 0.29) is 11.6 Å². The molecule has 0 saturated carbocycles. The molecule has 2 aromatic heterocycles. The Bertz CT molecular complexity index is 726. The Morgan fingerprint density at radius 3 is 2.56 bits per heavy atom. The molecule has 0 unspecified atom stereocenters. The van der Waals surface area contributed by atoms with E-state index in [0.29, 0.717) is 11.5 Å². The monoisotopic (exact) mass is 246 g/mol. The summed E-state index contributed by atoms with van der Waals surface area (Å²) in [6.45, 7) is 0. The number of imidazole rings is 1. The zero-order valence-electron chi connectivity index (χ0n) is 8.98. The molecule has 1 aromatic carbocycles. The van der Waals surface area contributed by atoms with Crippen molar-refractivity contribution in [3.8, 4) is 22.9 Å². The lowest BCUT2D eigenvalue weighted by Gasteiger charge is -1.96. The molecule has 0 bridgehead atoms. The molecule has 0 aliphatic carbocycles. The zero-order valence-corrected chi connectivity index (χ0v) is 8.98. The van der Waals surface area contributed by atoms with Gasteiger partial charge in [0.05, 0.1) is 11.9 Å². The van der Waals surface area contributed by atoms with Gasteiger partial charge in [0, 0.05) is 0 Å². The summed E-state index contributed by atoms with van der Waals surface area (Å²) in [6.07, 6.45) is 1.57. The second-order valence-corrected chi connectivity index (χ2v) is 3.60. The molecule has 7 heteroatoms. The Morgan fingerprint density at radius 1 is 1.11 bits per heavy atom. The molecule has 18 heavy (non-hydrogen) atoms. The zero-order chi connectivity index (χ0) is 12.5. The van der Waals surface area contributed by atoms with Crippen molar-refractivity contribution in [2.24, 2.45) is 0 Å². The van der Waals surface area contributed by atoms with Crippen LogP contribution in [0, 0.1) is 5.82 Å². The molecule has 6 nitrogen and oxygen atoms in total. The second-order valence-electron chi connectivity index (χ2n) is 3.60. The topological polar surface area (TPSA) is 87.6 Å². The molecule has 2 N–H and O–H groups in total. The van der Waals surface area contributed by atoms with Crippen molar-refractivity contribution in [1.82, 2.24) is 20.1 Å². The van der Waals surface area contributed by atoms with E-state index in [2.05, 4.69) is 24.6 Å². The lowest BCUT2D eigenvalue weighted by Crippen LogP contribution is -1.95. The van der Waals surface area contributed by atoms with Crippen LogP contribution in [0.25, 0.3) is 22.9 Å². The van der Waals surface area contributed by atoms with Crippen LogP contribution < -0.4 is 5.76 Å². The maximum atomic E-state index is 12.8. The summed E-state index contributed by atoms with van der Waals surface area (Å²) < 4.78 is 17.2. The van der Waals surface area contributed by atoms with Crippen LogP contribution in [-0.4, -0.2) is 20.1 Å². The molecule has 90 valence electrons. The summed E-state index contributed by atoms with van der Waals surface area (Å²) in [5.74, 6) is -0.363. The van der Waals surface area contributed by atoms with Crippen molar-refractivity contribution in [3.63, 3.8) is 0 Å². The molecule has 0 spiro atoms. The van der Waals surface area contributed by atoms with Crippen molar-refractivity contribution < 1.29 is 8.91 Å². The van der Waals surface area contributed by atoms with E-state index in [1.54, 1.807) is 18.3 Å². The summed E-state index contributed by atoms with van der Waals surface area (Å²) in [6, 6.07) is 5.96. The fourth-order valence-electron chi connectivity index (χ4n) is 1.55. The smallest absolute Gasteiger partial charge is 0.335 e. The first-order chi connectivity index (χ1) is 8.72. The van der Waals surface area contributed by atoms with E-state index in [1.807, 2.05) is 0 Å². The average molecular weight is 246 g/mol. The van der Waals surface area contributed by atoms with Gasteiger partial charge in [-0.15, -0.1) is 0 Å². The predicted molar refractivity (Wildman–Crippen MR) is 60.1 cm³/mol. The summed E-state index contributed by atoms with van der Waals surface area (Å²) >= 11 is 0. The minimum Gasteiger partial charge on any atom is -0.335 e. The molecule has 2 heterocycles. The lowest BCUT2D eigenvalue weighted by atomic mass is 10.2. The van der Waals surface area contributed by atoms with Crippen LogP contribution in [0.3, 0.4) is 0 Å². The number of nitrogens with zero attached hydrogens (tertiary/aromatic N) is 2. The van der Waals surface area contributed by atoms with Gasteiger partial charge in [-0.3, -0.25) is 9.51 Å². The number of aromatic amines is 2. The Hall–Kier alpha value is -2.70. The van der Waals surface area contributed by atoms with Crippen molar-refractivity contribution in [2.45, 2.75) is 0 Å². The standard InChI is InChI=1S/C11H7FN4O2/c12-7-3-1-6(2-4-7)8-5-13-9(14-8)10-15-11(17)18-16-10/h1-5H,(H,13,14)(H,15,16,17). The number of hydrogen-bond acceptors (Lipinski definition) is 4. The van der Waals surface area contributed by atoms with Gasteiger partial charge in [-0.1, -0.05) is 5.16 Å². The van der Waals surface area contributed by atoms with Crippen LogP contribution in [0.5, 0.6) is 0 Å². The highest BCUT2D eigenvalue weighted by Gasteiger charge is 2.09. The fraction of sp³-hybridized carbons (Fsp3) is 0. The third-order valence-electron chi connectivity index (χ3n) is 2.40. The first kappa shape index (κ1) is 10.5. The molecule has 0 aliphatic heterocycles. The van der Waals surface area contributed by atoms with E-state index < -0.39 is 5.76 Å². The predicted octanol–water partition coefficient (Wildman–Crippen LogP) is 1.56. The summed E-state index contributed by atoms with van der Waals surface area (Å²) in [7, 11) is 0. The van der Waals surface area contributed by atoms with Crippen molar-refractivity contribution in [1.29, 1.82) is 0 Å². The van der Waals surface area contributed by atoms with E-state index in [1.165, 1.54) is 12.1 Å². The van der Waals surface area contributed by atoms with Gasteiger partial charge in [0.2, 0.25) is 5.82 Å². The number of H-pyrrole nitrogens is 2. The number of nitrogens with one attached hydrogen (secondary N) is 2. The van der Waals surface area contributed by atoms with Crippen LogP contribution >= 0.6 is 0 Å². The summed E-state index contributed by atoms with van der Waals surface area (Å²) in [4.78, 5) is 20.2. The molecule has 0 atom stereocenters. The summed E-state index contributed by atoms with van der Waals surface area (Å²) in [5.41, 5.74) is 1.47. The summed E-state index contributed by atoms with van der Waals surface area (Å²) in [5, 5.41) is 3.51.